The molecule has 0 bridgehead atoms. The van der Waals surface area contributed by atoms with Gasteiger partial charge in [-0.3, -0.25) is 4.68 Å². The Labute approximate surface area is 125 Å². The molecule has 6 heteroatoms. The Morgan fingerprint density at radius 1 is 1.33 bits per heavy atom. The molecule has 6 nitrogen and oxygen atoms in total. The molecule has 0 spiro atoms. The zero-order chi connectivity index (χ0) is 14.7. The standard InChI is InChI=1S/C15H24N6/c1-12(2)10-15-18-13-11-16-5-4-14(13)21(15)8-3-7-20-9-6-17-19-20/h6,9,12,16H,3-5,7-8,10-11H2,1-2H3. The second-order valence-corrected chi connectivity index (χ2v) is 6.12. The second kappa shape index (κ2) is 6.39. The predicted octanol–water partition coefficient (Wildman–Crippen LogP) is 1.41. The Morgan fingerprint density at radius 2 is 2.24 bits per heavy atom. The lowest BCUT2D eigenvalue weighted by Gasteiger charge is -2.16. The molecule has 2 aromatic rings. The minimum Gasteiger partial charge on any atom is -0.332 e. The number of nitrogens with one attached hydrogen (secondary N) is 1. The fraction of sp³-hybridized carbons (Fsp3) is 0.667. The Bertz CT molecular complexity index is 569. The van der Waals surface area contributed by atoms with Crippen molar-refractivity contribution in [2.45, 2.75) is 52.7 Å². The zero-order valence-electron chi connectivity index (χ0n) is 12.9. The van der Waals surface area contributed by atoms with Crippen molar-refractivity contribution in [3.8, 4) is 0 Å². The highest BCUT2D eigenvalue weighted by Crippen LogP contribution is 2.19. The first-order valence-electron chi connectivity index (χ1n) is 7.86. The number of aryl methyl sites for hydroxylation is 1. The van der Waals surface area contributed by atoms with E-state index in [4.69, 9.17) is 4.98 Å². The molecule has 3 rings (SSSR count). The summed E-state index contributed by atoms with van der Waals surface area (Å²) in [7, 11) is 0. The molecular weight excluding hydrogens is 264 g/mol. The van der Waals surface area contributed by atoms with Crippen molar-refractivity contribution < 1.29 is 0 Å². The minimum atomic E-state index is 0.635. The van der Waals surface area contributed by atoms with Crippen LogP contribution in [-0.4, -0.2) is 31.1 Å². The largest absolute Gasteiger partial charge is 0.332 e. The summed E-state index contributed by atoms with van der Waals surface area (Å²) in [4.78, 5) is 4.87. The number of imidazole rings is 1. The van der Waals surface area contributed by atoms with Gasteiger partial charge in [-0.05, 0) is 12.3 Å². The summed E-state index contributed by atoms with van der Waals surface area (Å²) in [6, 6.07) is 0. The van der Waals surface area contributed by atoms with Gasteiger partial charge in [0.15, 0.2) is 0 Å². The van der Waals surface area contributed by atoms with Crippen molar-refractivity contribution in [1.82, 2.24) is 29.9 Å². The Balaban J connectivity index is 1.73. The third-order valence-electron chi connectivity index (χ3n) is 3.90. The molecule has 1 aliphatic heterocycles. The number of hydrogen-bond donors (Lipinski definition) is 1. The molecule has 0 fully saturated rings. The molecule has 0 unspecified atom stereocenters. The quantitative estimate of drug-likeness (QED) is 0.873. The summed E-state index contributed by atoms with van der Waals surface area (Å²) >= 11 is 0. The van der Waals surface area contributed by atoms with E-state index in [1.54, 1.807) is 6.20 Å². The van der Waals surface area contributed by atoms with Crippen LogP contribution in [0.3, 0.4) is 0 Å². The number of nitrogens with zero attached hydrogens (tertiary/aromatic N) is 5. The van der Waals surface area contributed by atoms with Crippen LogP contribution in [0.5, 0.6) is 0 Å². The molecule has 0 radical (unpaired) electrons. The number of fused-ring (bicyclic) bond motifs is 1. The van der Waals surface area contributed by atoms with E-state index in [2.05, 4.69) is 34.0 Å². The second-order valence-electron chi connectivity index (χ2n) is 6.12. The zero-order valence-corrected chi connectivity index (χ0v) is 12.9. The predicted molar refractivity (Wildman–Crippen MR) is 80.8 cm³/mol. The van der Waals surface area contributed by atoms with Crippen molar-refractivity contribution in [3.63, 3.8) is 0 Å². The van der Waals surface area contributed by atoms with E-state index in [-0.39, 0.29) is 0 Å². The van der Waals surface area contributed by atoms with E-state index in [0.717, 1.165) is 45.4 Å². The van der Waals surface area contributed by atoms with Gasteiger partial charge < -0.3 is 9.88 Å². The number of hydrogen-bond acceptors (Lipinski definition) is 4. The van der Waals surface area contributed by atoms with E-state index < -0.39 is 0 Å². The van der Waals surface area contributed by atoms with Crippen LogP contribution in [0.1, 0.15) is 37.5 Å². The lowest BCUT2D eigenvalue weighted by Crippen LogP contribution is -2.25. The van der Waals surface area contributed by atoms with Gasteiger partial charge in [0.05, 0.1) is 11.9 Å². The van der Waals surface area contributed by atoms with Crippen LogP contribution in [0.4, 0.5) is 0 Å². The number of rotatable bonds is 6. The first kappa shape index (κ1) is 14.3. The highest BCUT2D eigenvalue weighted by Gasteiger charge is 2.19. The van der Waals surface area contributed by atoms with Crippen LogP contribution >= 0.6 is 0 Å². The Hall–Kier alpha value is -1.69. The van der Waals surface area contributed by atoms with Crippen LogP contribution < -0.4 is 5.32 Å². The summed E-state index contributed by atoms with van der Waals surface area (Å²) in [6.45, 7) is 8.41. The van der Waals surface area contributed by atoms with Gasteiger partial charge in [0.25, 0.3) is 0 Å². The van der Waals surface area contributed by atoms with Gasteiger partial charge in [-0.2, -0.15) is 0 Å². The van der Waals surface area contributed by atoms with Gasteiger partial charge in [-0.25, -0.2) is 4.98 Å². The SMILES string of the molecule is CC(C)Cc1nc2c(n1CCCn1ccnn1)CCNC2. The first-order chi connectivity index (χ1) is 10.2. The molecule has 114 valence electrons. The molecule has 3 heterocycles. The van der Waals surface area contributed by atoms with Gasteiger partial charge in [-0.1, -0.05) is 19.1 Å². The number of aromatic nitrogens is 5. The first-order valence-corrected chi connectivity index (χ1v) is 7.86. The fourth-order valence-corrected chi connectivity index (χ4v) is 2.95. The maximum atomic E-state index is 4.87. The third kappa shape index (κ3) is 3.32. The van der Waals surface area contributed by atoms with E-state index >= 15 is 0 Å². The van der Waals surface area contributed by atoms with Gasteiger partial charge in [-0.15, -0.1) is 5.10 Å². The molecule has 0 amide bonds. The smallest absolute Gasteiger partial charge is 0.109 e. The molecule has 0 saturated carbocycles. The van der Waals surface area contributed by atoms with Crippen LogP contribution in [0.25, 0.3) is 0 Å². The summed E-state index contributed by atoms with van der Waals surface area (Å²) in [5.41, 5.74) is 2.68. The molecule has 2 aromatic heterocycles. The van der Waals surface area contributed by atoms with Crippen LogP contribution in [-0.2, 0) is 32.5 Å². The molecule has 1 N–H and O–H groups in total. The molecular formula is C15H24N6. The van der Waals surface area contributed by atoms with Gasteiger partial charge in [0, 0.05) is 50.9 Å². The molecule has 0 aliphatic carbocycles. The van der Waals surface area contributed by atoms with E-state index in [1.807, 2.05) is 10.9 Å². The van der Waals surface area contributed by atoms with Gasteiger partial charge >= 0.3 is 0 Å². The van der Waals surface area contributed by atoms with Crippen molar-refractivity contribution in [2.24, 2.45) is 5.92 Å². The Kier molecular flexibility index (Phi) is 4.34. The maximum Gasteiger partial charge on any atom is 0.109 e. The monoisotopic (exact) mass is 288 g/mol. The van der Waals surface area contributed by atoms with Gasteiger partial charge in [0.2, 0.25) is 0 Å². The molecule has 1 aliphatic rings. The summed E-state index contributed by atoms with van der Waals surface area (Å²) in [5.74, 6) is 1.88. The fourth-order valence-electron chi connectivity index (χ4n) is 2.95. The topological polar surface area (TPSA) is 60.6 Å². The maximum absolute atomic E-state index is 4.87. The molecule has 0 atom stereocenters. The van der Waals surface area contributed by atoms with Crippen LogP contribution in [0.15, 0.2) is 12.4 Å². The third-order valence-corrected chi connectivity index (χ3v) is 3.90. The van der Waals surface area contributed by atoms with Crippen molar-refractivity contribution in [1.29, 1.82) is 0 Å². The van der Waals surface area contributed by atoms with E-state index in [1.165, 1.54) is 17.2 Å². The summed E-state index contributed by atoms with van der Waals surface area (Å²) in [6.07, 6.45) is 6.85. The molecule has 0 saturated heterocycles. The molecule has 21 heavy (non-hydrogen) atoms. The van der Waals surface area contributed by atoms with Crippen molar-refractivity contribution in [2.75, 3.05) is 6.54 Å². The highest BCUT2D eigenvalue weighted by atomic mass is 15.4. The summed E-state index contributed by atoms with van der Waals surface area (Å²) in [5, 5.41) is 11.3. The van der Waals surface area contributed by atoms with Crippen molar-refractivity contribution >= 4 is 0 Å². The highest BCUT2D eigenvalue weighted by molar-refractivity contribution is 5.20. The summed E-state index contributed by atoms with van der Waals surface area (Å²) < 4.78 is 4.35. The van der Waals surface area contributed by atoms with Crippen molar-refractivity contribution in [3.05, 3.63) is 29.6 Å². The van der Waals surface area contributed by atoms with E-state index in [9.17, 15) is 0 Å². The Morgan fingerprint density at radius 3 is 3.00 bits per heavy atom. The minimum absolute atomic E-state index is 0.635. The van der Waals surface area contributed by atoms with E-state index in [0.29, 0.717) is 5.92 Å². The average Bonchev–Trinajstić information content (AvgIpc) is 3.07. The van der Waals surface area contributed by atoms with Crippen LogP contribution in [0, 0.1) is 5.92 Å². The van der Waals surface area contributed by atoms with Crippen LogP contribution in [0.2, 0.25) is 0 Å². The van der Waals surface area contributed by atoms with Gasteiger partial charge in [0.1, 0.15) is 5.82 Å². The average molecular weight is 288 g/mol. The lowest BCUT2D eigenvalue weighted by atomic mass is 10.1. The normalized spacial score (nSPS) is 14.6. The lowest BCUT2D eigenvalue weighted by molar-refractivity contribution is 0.483. The molecule has 0 aromatic carbocycles.